The Bertz CT molecular complexity index is 1030. The second-order valence-electron chi connectivity index (χ2n) is 5.16. The van der Waals surface area contributed by atoms with E-state index < -0.39 is 21.7 Å². The maximum Gasteiger partial charge on any atom is 0.254 e. The van der Waals surface area contributed by atoms with E-state index in [2.05, 4.69) is 5.32 Å². The Balaban J connectivity index is 1.79. The molecule has 24 heavy (non-hydrogen) atoms. The second kappa shape index (κ2) is 6.31. The minimum Gasteiger partial charge on any atom is -0.348 e. The molecule has 3 N–H and O–H groups in total. The molecule has 124 valence electrons. The van der Waals surface area contributed by atoms with Crippen LogP contribution in [0.4, 0.5) is 4.39 Å². The molecule has 0 aliphatic rings. The molecular weight excluding hydrogens is 351 g/mol. The number of primary sulfonamides is 1. The number of carbonyl (C=O) groups excluding carboxylic acids is 1. The van der Waals surface area contributed by atoms with Gasteiger partial charge in [0.25, 0.3) is 5.91 Å². The van der Waals surface area contributed by atoms with Crippen molar-refractivity contribution in [3.05, 3.63) is 64.8 Å². The molecule has 1 heterocycles. The fourth-order valence-electron chi connectivity index (χ4n) is 2.26. The first-order valence-corrected chi connectivity index (χ1v) is 9.34. The molecule has 0 saturated heterocycles. The van der Waals surface area contributed by atoms with Crippen molar-refractivity contribution < 1.29 is 17.6 Å². The average molecular weight is 364 g/mol. The van der Waals surface area contributed by atoms with E-state index in [1.807, 2.05) is 29.6 Å². The largest absolute Gasteiger partial charge is 0.348 e. The van der Waals surface area contributed by atoms with Crippen LogP contribution in [-0.4, -0.2) is 14.3 Å². The second-order valence-corrected chi connectivity index (χ2v) is 7.67. The maximum atomic E-state index is 13.8. The van der Waals surface area contributed by atoms with E-state index >= 15 is 0 Å². The van der Waals surface area contributed by atoms with Crippen molar-refractivity contribution >= 4 is 37.4 Å². The third kappa shape index (κ3) is 3.45. The standard InChI is InChI=1S/C16H13FN2O3S2/c17-14-3-2-12(24(18,21)22)8-13(14)16(20)19-9-10-1-4-15-11(7-10)5-6-23-15/h1-8H,9H2,(H,19,20)(H2,18,21,22). The number of nitrogens with two attached hydrogens (primary N) is 1. The van der Waals surface area contributed by atoms with Crippen LogP contribution in [0.2, 0.25) is 0 Å². The van der Waals surface area contributed by atoms with E-state index in [0.717, 1.165) is 33.8 Å². The van der Waals surface area contributed by atoms with Crippen LogP contribution in [0.3, 0.4) is 0 Å². The highest BCUT2D eigenvalue weighted by molar-refractivity contribution is 7.89. The minimum atomic E-state index is -4.01. The lowest BCUT2D eigenvalue weighted by molar-refractivity contribution is 0.0946. The van der Waals surface area contributed by atoms with Gasteiger partial charge in [-0.2, -0.15) is 0 Å². The van der Waals surface area contributed by atoms with E-state index in [9.17, 15) is 17.6 Å². The van der Waals surface area contributed by atoms with Gasteiger partial charge in [0.2, 0.25) is 10.0 Å². The van der Waals surface area contributed by atoms with E-state index in [-0.39, 0.29) is 17.0 Å². The first kappa shape index (κ1) is 16.6. The fourth-order valence-corrected chi connectivity index (χ4v) is 3.57. The molecule has 1 amide bonds. The number of amides is 1. The SMILES string of the molecule is NS(=O)(=O)c1ccc(F)c(C(=O)NCc2ccc3sccc3c2)c1. The molecule has 1 aromatic heterocycles. The van der Waals surface area contributed by atoms with E-state index in [1.165, 1.54) is 0 Å². The summed E-state index contributed by atoms with van der Waals surface area (Å²) in [6.07, 6.45) is 0. The first-order chi connectivity index (χ1) is 11.3. The third-order valence-corrected chi connectivity index (χ3v) is 5.29. The Morgan fingerprint density at radius 2 is 1.96 bits per heavy atom. The van der Waals surface area contributed by atoms with Crippen molar-refractivity contribution in [2.24, 2.45) is 5.14 Å². The highest BCUT2D eigenvalue weighted by atomic mass is 32.2. The van der Waals surface area contributed by atoms with Gasteiger partial charge in [0, 0.05) is 11.2 Å². The van der Waals surface area contributed by atoms with Crippen molar-refractivity contribution in [3.8, 4) is 0 Å². The van der Waals surface area contributed by atoms with Crippen molar-refractivity contribution in [2.75, 3.05) is 0 Å². The Morgan fingerprint density at radius 1 is 1.17 bits per heavy atom. The number of hydrogen-bond acceptors (Lipinski definition) is 4. The lowest BCUT2D eigenvalue weighted by atomic mass is 10.1. The summed E-state index contributed by atoms with van der Waals surface area (Å²) in [4.78, 5) is 11.8. The summed E-state index contributed by atoms with van der Waals surface area (Å²) in [5, 5.41) is 10.6. The molecule has 0 unspecified atom stereocenters. The van der Waals surface area contributed by atoms with Gasteiger partial charge >= 0.3 is 0 Å². The van der Waals surface area contributed by atoms with Gasteiger partial charge in [-0.05, 0) is 52.7 Å². The van der Waals surface area contributed by atoms with Crippen molar-refractivity contribution in [1.82, 2.24) is 5.32 Å². The third-order valence-electron chi connectivity index (χ3n) is 3.48. The molecule has 3 rings (SSSR count). The number of carbonyl (C=O) groups is 1. The molecule has 0 aliphatic carbocycles. The Kier molecular flexibility index (Phi) is 4.35. The van der Waals surface area contributed by atoms with Crippen LogP contribution in [0.1, 0.15) is 15.9 Å². The van der Waals surface area contributed by atoms with Gasteiger partial charge in [0.05, 0.1) is 10.5 Å². The lowest BCUT2D eigenvalue weighted by Crippen LogP contribution is -2.24. The Morgan fingerprint density at radius 3 is 2.71 bits per heavy atom. The number of thiophene rings is 1. The summed E-state index contributed by atoms with van der Waals surface area (Å²) in [6.45, 7) is 0.198. The summed E-state index contributed by atoms with van der Waals surface area (Å²) in [6, 6.07) is 10.6. The molecule has 5 nitrogen and oxygen atoms in total. The quantitative estimate of drug-likeness (QED) is 0.746. The van der Waals surface area contributed by atoms with Crippen LogP contribution in [0.25, 0.3) is 10.1 Å². The molecule has 0 saturated carbocycles. The van der Waals surface area contributed by atoms with Crippen molar-refractivity contribution in [3.63, 3.8) is 0 Å². The van der Waals surface area contributed by atoms with Crippen LogP contribution in [0.5, 0.6) is 0 Å². The Labute approximate surface area is 142 Å². The van der Waals surface area contributed by atoms with Gasteiger partial charge in [-0.1, -0.05) is 6.07 Å². The number of fused-ring (bicyclic) bond motifs is 1. The number of nitrogens with one attached hydrogen (secondary N) is 1. The minimum absolute atomic E-state index is 0.198. The van der Waals surface area contributed by atoms with E-state index in [1.54, 1.807) is 11.3 Å². The fraction of sp³-hybridized carbons (Fsp3) is 0.0625. The zero-order valence-corrected chi connectivity index (χ0v) is 14.0. The molecule has 8 heteroatoms. The lowest BCUT2D eigenvalue weighted by Gasteiger charge is -2.08. The molecular formula is C16H13FN2O3S2. The normalized spacial score (nSPS) is 11.6. The average Bonchev–Trinajstić information content (AvgIpc) is 2.99. The van der Waals surface area contributed by atoms with Crippen molar-refractivity contribution in [2.45, 2.75) is 11.4 Å². The summed E-state index contributed by atoms with van der Waals surface area (Å²) in [5.41, 5.74) is 0.496. The molecule has 0 spiro atoms. The van der Waals surface area contributed by atoms with Crippen LogP contribution in [0.15, 0.2) is 52.7 Å². The van der Waals surface area contributed by atoms with Crippen molar-refractivity contribution in [1.29, 1.82) is 0 Å². The molecule has 0 bridgehead atoms. The van der Waals surface area contributed by atoms with Crippen LogP contribution < -0.4 is 10.5 Å². The zero-order chi connectivity index (χ0) is 17.3. The maximum absolute atomic E-state index is 13.8. The molecule has 0 aliphatic heterocycles. The molecule has 2 aromatic carbocycles. The topological polar surface area (TPSA) is 89.3 Å². The van der Waals surface area contributed by atoms with Gasteiger partial charge in [0.1, 0.15) is 5.82 Å². The number of sulfonamides is 1. The monoisotopic (exact) mass is 364 g/mol. The highest BCUT2D eigenvalue weighted by Crippen LogP contribution is 2.21. The zero-order valence-electron chi connectivity index (χ0n) is 12.3. The van der Waals surface area contributed by atoms with Gasteiger partial charge in [-0.25, -0.2) is 17.9 Å². The van der Waals surface area contributed by atoms with Gasteiger partial charge in [-0.3, -0.25) is 4.79 Å². The predicted octanol–water partition coefficient (Wildman–Crippen LogP) is 2.62. The van der Waals surface area contributed by atoms with Gasteiger partial charge in [-0.15, -0.1) is 11.3 Å². The van der Waals surface area contributed by atoms with E-state index in [0.29, 0.717) is 0 Å². The van der Waals surface area contributed by atoms with E-state index in [4.69, 9.17) is 5.14 Å². The number of rotatable bonds is 4. The number of hydrogen-bond donors (Lipinski definition) is 2. The highest BCUT2D eigenvalue weighted by Gasteiger charge is 2.16. The summed E-state index contributed by atoms with van der Waals surface area (Å²) in [7, 11) is -4.01. The summed E-state index contributed by atoms with van der Waals surface area (Å²) >= 11 is 1.62. The smallest absolute Gasteiger partial charge is 0.254 e. The molecule has 3 aromatic rings. The van der Waals surface area contributed by atoms with Gasteiger partial charge in [0.15, 0.2) is 0 Å². The van der Waals surface area contributed by atoms with Crippen LogP contribution in [0, 0.1) is 5.82 Å². The van der Waals surface area contributed by atoms with Crippen LogP contribution >= 0.6 is 11.3 Å². The number of benzene rings is 2. The van der Waals surface area contributed by atoms with Gasteiger partial charge < -0.3 is 5.32 Å². The molecule has 0 fully saturated rings. The molecule has 0 atom stereocenters. The molecule has 0 radical (unpaired) electrons. The Hall–Kier alpha value is -2.29. The summed E-state index contributed by atoms with van der Waals surface area (Å²) < 4.78 is 37.6. The predicted molar refractivity (Wildman–Crippen MR) is 90.8 cm³/mol. The summed E-state index contributed by atoms with van der Waals surface area (Å²) in [5.74, 6) is -1.52. The number of halogens is 1. The van der Waals surface area contributed by atoms with Crippen LogP contribution in [-0.2, 0) is 16.6 Å². The first-order valence-electron chi connectivity index (χ1n) is 6.91.